The van der Waals surface area contributed by atoms with E-state index in [0.717, 1.165) is 6.07 Å². The van der Waals surface area contributed by atoms with Gasteiger partial charge in [0.05, 0.1) is 13.2 Å². The van der Waals surface area contributed by atoms with Crippen molar-refractivity contribution in [1.82, 2.24) is 20.4 Å². The molecule has 0 unspecified atom stereocenters. The summed E-state index contributed by atoms with van der Waals surface area (Å²) in [4.78, 5) is 32.8. The first-order valence-corrected chi connectivity index (χ1v) is 12.2. The van der Waals surface area contributed by atoms with Crippen LogP contribution in [0.2, 0.25) is 18.1 Å². The van der Waals surface area contributed by atoms with Crippen molar-refractivity contribution < 1.29 is 23.5 Å². The van der Waals surface area contributed by atoms with Crippen LogP contribution >= 0.6 is 0 Å². The molecule has 0 aromatic carbocycles. The van der Waals surface area contributed by atoms with Gasteiger partial charge in [0.25, 0.3) is 13.9 Å². The van der Waals surface area contributed by atoms with E-state index in [1.165, 1.54) is 0 Å². The van der Waals surface area contributed by atoms with Crippen molar-refractivity contribution in [1.29, 1.82) is 0 Å². The number of nitrogens with one attached hydrogen (secondary N) is 3. The van der Waals surface area contributed by atoms with Gasteiger partial charge < -0.3 is 13.9 Å². The Morgan fingerprint density at radius 2 is 1.55 bits per heavy atom. The first-order valence-electron chi connectivity index (χ1n) is 9.27. The Morgan fingerprint density at radius 1 is 1.00 bits per heavy atom. The monoisotopic (exact) mass is 426 g/mol. The Balaban J connectivity index is 0.000000326. The Bertz CT molecular complexity index is 862. The summed E-state index contributed by atoms with van der Waals surface area (Å²) in [6.45, 7) is 14.8. The molecule has 0 saturated heterocycles. The van der Waals surface area contributed by atoms with Crippen LogP contribution in [0, 0.1) is 0 Å². The molecule has 11 heteroatoms. The van der Waals surface area contributed by atoms with Crippen LogP contribution < -0.4 is 9.99 Å². The summed E-state index contributed by atoms with van der Waals surface area (Å²) in [5.41, 5.74) is 0.135. The molecule has 0 spiro atoms. The van der Waals surface area contributed by atoms with E-state index in [1.54, 1.807) is 19.9 Å². The first kappa shape index (κ1) is 24.2. The number of carbonyl (C=O) groups is 2. The molecule has 2 aromatic heterocycles. The smallest absolute Gasteiger partial charge is 0.356 e. The fourth-order valence-corrected chi connectivity index (χ4v) is 2.67. The number of aromatic amines is 3. The zero-order chi connectivity index (χ0) is 22.2. The molecule has 2 heterocycles. The number of nitrogens with zero attached hydrogens (tertiary/aromatic N) is 1. The molecule has 0 fully saturated rings. The fourth-order valence-electron chi connectivity index (χ4n) is 1.73. The second-order valence-electron chi connectivity index (χ2n) is 7.60. The molecule has 29 heavy (non-hydrogen) atoms. The van der Waals surface area contributed by atoms with Gasteiger partial charge in [-0.15, -0.1) is 5.10 Å². The number of hydrogen-bond acceptors (Lipinski definition) is 7. The second-order valence-corrected chi connectivity index (χ2v) is 12.3. The van der Waals surface area contributed by atoms with Crippen molar-refractivity contribution in [2.24, 2.45) is 0 Å². The summed E-state index contributed by atoms with van der Waals surface area (Å²) >= 11 is 0. The third-order valence-corrected chi connectivity index (χ3v) is 8.64. The molecule has 2 rings (SSSR count). The highest BCUT2D eigenvalue weighted by Crippen LogP contribution is 2.36. The van der Waals surface area contributed by atoms with Crippen molar-refractivity contribution in [3.05, 3.63) is 33.9 Å². The van der Waals surface area contributed by atoms with Crippen LogP contribution in [-0.4, -0.2) is 53.9 Å². The predicted molar refractivity (Wildman–Crippen MR) is 110 cm³/mol. The molecule has 0 amide bonds. The molecule has 0 bridgehead atoms. The molecule has 0 aliphatic heterocycles. The maximum absolute atomic E-state index is 11.5. The molecule has 0 saturated carbocycles. The minimum atomic E-state index is -1.92. The SMILES string of the molecule is CCOC(=O)c1cc(=O)[nH][nH]1.CCOC(=O)c1cc(O[Si](C)(C)C(C)(C)C)n[nH]1. The van der Waals surface area contributed by atoms with Crippen molar-refractivity contribution >= 4 is 20.3 Å². The van der Waals surface area contributed by atoms with Crippen LogP contribution in [0.3, 0.4) is 0 Å². The third-order valence-electron chi connectivity index (χ3n) is 4.31. The summed E-state index contributed by atoms with van der Waals surface area (Å²) in [6.07, 6.45) is 0. The molecule has 162 valence electrons. The van der Waals surface area contributed by atoms with Gasteiger partial charge in [-0.25, -0.2) is 9.59 Å². The summed E-state index contributed by atoms with van der Waals surface area (Å²) in [5.74, 6) is -0.467. The molecular weight excluding hydrogens is 396 g/mol. The summed E-state index contributed by atoms with van der Waals surface area (Å²) in [7, 11) is -1.92. The maximum Gasteiger partial charge on any atom is 0.356 e. The topological polar surface area (TPSA) is 139 Å². The highest BCUT2D eigenvalue weighted by atomic mass is 28.4. The minimum Gasteiger partial charge on any atom is -0.530 e. The normalized spacial score (nSPS) is 11.3. The maximum atomic E-state index is 11.5. The van der Waals surface area contributed by atoms with E-state index in [0.29, 0.717) is 24.8 Å². The molecule has 2 aromatic rings. The molecule has 0 radical (unpaired) electrons. The highest BCUT2D eigenvalue weighted by molar-refractivity contribution is 6.74. The standard InChI is InChI=1S/C12H22N2O3Si.C6H8N2O3/c1-7-16-11(15)9-8-10(14-13-9)17-18(5,6)12(2,3)4;1-2-11-6(10)4-3-5(9)8-7-4/h8H,7H2,1-6H3,(H,13,14);3H,2H2,1H3,(H2,7,8,9). The van der Waals surface area contributed by atoms with Gasteiger partial charge in [-0.05, 0) is 32.0 Å². The number of ether oxygens (including phenoxy) is 2. The third kappa shape index (κ3) is 7.25. The van der Waals surface area contributed by atoms with Crippen LogP contribution in [0.5, 0.6) is 5.88 Å². The van der Waals surface area contributed by atoms with Crippen LogP contribution in [0.4, 0.5) is 0 Å². The lowest BCUT2D eigenvalue weighted by Gasteiger charge is -2.35. The zero-order valence-corrected chi connectivity index (χ0v) is 19.0. The summed E-state index contributed by atoms with van der Waals surface area (Å²) in [6, 6.07) is 2.75. The number of esters is 2. The van der Waals surface area contributed by atoms with E-state index in [9.17, 15) is 14.4 Å². The first-order chi connectivity index (χ1) is 13.4. The van der Waals surface area contributed by atoms with Crippen molar-refractivity contribution in [2.75, 3.05) is 13.2 Å². The summed E-state index contributed by atoms with van der Waals surface area (Å²) in [5, 5.41) is 11.3. The molecular formula is C18H30N4O6Si. The van der Waals surface area contributed by atoms with Gasteiger partial charge in [0.1, 0.15) is 11.4 Å². The van der Waals surface area contributed by atoms with Gasteiger partial charge >= 0.3 is 11.9 Å². The number of rotatable bonds is 6. The van der Waals surface area contributed by atoms with E-state index >= 15 is 0 Å². The van der Waals surface area contributed by atoms with Crippen LogP contribution in [-0.2, 0) is 9.47 Å². The Kier molecular flexibility index (Phi) is 8.43. The molecule has 0 atom stereocenters. The highest BCUT2D eigenvalue weighted by Gasteiger charge is 2.39. The quantitative estimate of drug-likeness (QED) is 0.477. The van der Waals surface area contributed by atoms with E-state index in [2.05, 4.69) is 59.0 Å². The lowest BCUT2D eigenvalue weighted by molar-refractivity contribution is 0.0510. The number of H-pyrrole nitrogens is 3. The molecule has 0 aliphatic rings. The second kappa shape index (κ2) is 10.1. The fraction of sp³-hybridized carbons (Fsp3) is 0.556. The average Bonchev–Trinajstić information content (AvgIpc) is 3.24. The van der Waals surface area contributed by atoms with Crippen LogP contribution in [0.25, 0.3) is 0 Å². The van der Waals surface area contributed by atoms with E-state index in [1.807, 2.05) is 0 Å². The van der Waals surface area contributed by atoms with Gasteiger partial charge in [0, 0.05) is 12.1 Å². The predicted octanol–water partition coefficient (Wildman–Crippen LogP) is 2.85. The molecule has 0 aliphatic carbocycles. The van der Waals surface area contributed by atoms with E-state index in [4.69, 9.17) is 9.16 Å². The van der Waals surface area contributed by atoms with E-state index < -0.39 is 20.3 Å². The van der Waals surface area contributed by atoms with Gasteiger partial charge in [-0.2, -0.15) is 0 Å². The van der Waals surface area contributed by atoms with Crippen LogP contribution in [0.1, 0.15) is 55.6 Å². The Morgan fingerprint density at radius 3 is 2.00 bits per heavy atom. The molecule has 3 N–H and O–H groups in total. The van der Waals surface area contributed by atoms with Crippen molar-refractivity contribution in [3.8, 4) is 5.88 Å². The van der Waals surface area contributed by atoms with Crippen molar-refractivity contribution in [2.45, 2.75) is 52.8 Å². The lowest BCUT2D eigenvalue weighted by Crippen LogP contribution is -2.43. The van der Waals surface area contributed by atoms with E-state index in [-0.39, 0.29) is 16.3 Å². The number of aromatic nitrogens is 4. The van der Waals surface area contributed by atoms with Crippen molar-refractivity contribution in [3.63, 3.8) is 0 Å². The van der Waals surface area contributed by atoms with Gasteiger partial charge in [0.15, 0.2) is 0 Å². The lowest BCUT2D eigenvalue weighted by atomic mass is 10.2. The Labute approximate surface area is 170 Å². The molecule has 10 nitrogen and oxygen atoms in total. The Hall–Kier alpha value is -2.82. The number of carbonyl (C=O) groups excluding carboxylic acids is 2. The van der Waals surface area contributed by atoms with Gasteiger partial charge in [0.2, 0.25) is 5.88 Å². The van der Waals surface area contributed by atoms with Crippen LogP contribution in [0.15, 0.2) is 16.9 Å². The average molecular weight is 427 g/mol. The number of hydrogen-bond donors (Lipinski definition) is 3. The van der Waals surface area contributed by atoms with Gasteiger partial charge in [-0.3, -0.25) is 20.1 Å². The van der Waals surface area contributed by atoms with Gasteiger partial charge in [-0.1, -0.05) is 20.8 Å². The minimum absolute atomic E-state index is 0.0933. The zero-order valence-electron chi connectivity index (χ0n) is 18.0. The largest absolute Gasteiger partial charge is 0.530 e. The summed E-state index contributed by atoms with van der Waals surface area (Å²) < 4.78 is 15.5.